The summed E-state index contributed by atoms with van der Waals surface area (Å²) in [6, 6.07) is 10.6. The average molecular weight is 335 g/mol. The molecule has 0 saturated carbocycles. The molecule has 1 heterocycles. The third-order valence-corrected chi connectivity index (χ3v) is 5.41. The van der Waals surface area contributed by atoms with E-state index in [1.54, 1.807) is 6.07 Å². The van der Waals surface area contributed by atoms with Gasteiger partial charge in [0.25, 0.3) is 0 Å². The van der Waals surface area contributed by atoms with Crippen LogP contribution in [-0.4, -0.2) is 30.8 Å². The zero-order valence-electron chi connectivity index (χ0n) is 13.8. The van der Waals surface area contributed by atoms with Gasteiger partial charge in [-0.3, -0.25) is 4.48 Å². The van der Waals surface area contributed by atoms with E-state index in [4.69, 9.17) is 16.3 Å². The predicted molar refractivity (Wildman–Crippen MR) is 92.2 cm³/mol. The minimum atomic E-state index is -0.245. The third kappa shape index (κ3) is 2.84. The van der Waals surface area contributed by atoms with E-state index in [1.165, 1.54) is 6.07 Å². The van der Waals surface area contributed by atoms with E-state index >= 15 is 0 Å². The lowest BCUT2D eigenvalue weighted by atomic mass is 10.0. The second-order valence-corrected chi connectivity index (χ2v) is 6.72. The zero-order valence-corrected chi connectivity index (χ0v) is 14.5. The molecule has 0 N–H and O–H groups in total. The summed E-state index contributed by atoms with van der Waals surface area (Å²) in [5.74, 6) is 0.529. The first-order valence-corrected chi connectivity index (χ1v) is 8.44. The van der Waals surface area contributed by atoms with Crippen molar-refractivity contribution >= 4 is 11.6 Å². The Bertz CT molecular complexity index is 727. The highest BCUT2D eigenvalue weighted by molar-refractivity contribution is 6.33. The lowest BCUT2D eigenvalue weighted by Gasteiger charge is -2.36. The van der Waals surface area contributed by atoms with Crippen molar-refractivity contribution in [3.8, 4) is 16.9 Å². The van der Waals surface area contributed by atoms with Gasteiger partial charge in [-0.25, -0.2) is 4.39 Å². The van der Waals surface area contributed by atoms with Crippen molar-refractivity contribution in [2.75, 3.05) is 20.1 Å². The second kappa shape index (κ2) is 6.14. The van der Waals surface area contributed by atoms with E-state index in [2.05, 4.69) is 20.9 Å². The molecule has 0 radical (unpaired) electrons. The number of ether oxygens (including phenoxy) is 1. The standard InChI is InChI=1S/C19H22ClFNO/c1-4-22(3,5-2)18-11-13-10-14(21)12-16(19(13)23-18)15-8-6-7-9-17(15)20/h6-10,12,18H,4-5,11H2,1-3H3/q+1. The molecule has 0 amide bonds. The molecule has 0 fully saturated rings. The number of nitrogens with zero attached hydrogens (tertiary/aromatic N) is 1. The highest BCUT2D eigenvalue weighted by atomic mass is 35.5. The molecule has 0 aromatic heterocycles. The van der Waals surface area contributed by atoms with Gasteiger partial charge in [-0.2, -0.15) is 0 Å². The number of likely N-dealkylation sites (N-methyl/N-ethyl adjacent to an activating group) is 1. The number of hydrogen-bond donors (Lipinski definition) is 0. The van der Waals surface area contributed by atoms with Crippen molar-refractivity contribution in [1.29, 1.82) is 0 Å². The van der Waals surface area contributed by atoms with Crippen LogP contribution in [0.3, 0.4) is 0 Å². The second-order valence-electron chi connectivity index (χ2n) is 6.31. The van der Waals surface area contributed by atoms with Crippen molar-refractivity contribution in [1.82, 2.24) is 0 Å². The van der Waals surface area contributed by atoms with Crippen molar-refractivity contribution in [2.24, 2.45) is 0 Å². The Balaban J connectivity index is 2.07. The number of quaternary nitrogens is 1. The van der Waals surface area contributed by atoms with Gasteiger partial charge in [0.2, 0.25) is 6.23 Å². The lowest BCUT2D eigenvalue weighted by molar-refractivity contribution is -0.946. The highest BCUT2D eigenvalue weighted by Gasteiger charge is 2.38. The van der Waals surface area contributed by atoms with Gasteiger partial charge < -0.3 is 4.74 Å². The SMILES string of the molecule is CC[N+](C)(CC)C1Cc2cc(F)cc(-c3ccccc3Cl)c2O1. The Hall–Kier alpha value is -1.58. The van der Waals surface area contributed by atoms with Crippen LogP contribution < -0.4 is 4.74 Å². The summed E-state index contributed by atoms with van der Waals surface area (Å²) in [5.41, 5.74) is 2.48. The van der Waals surface area contributed by atoms with Crippen molar-refractivity contribution in [2.45, 2.75) is 26.5 Å². The molecule has 122 valence electrons. The van der Waals surface area contributed by atoms with Crippen molar-refractivity contribution < 1.29 is 13.6 Å². The minimum absolute atomic E-state index is 0.0167. The van der Waals surface area contributed by atoms with Gasteiger partial charge in [0.1, 0.15) is 11.6 Å². The van der Waals surface area contributed by atoms with Crippen LogP contribution in [-0.2, 0) is 6.42 Å². The minimum Gasteiger partial charge on any atom is -0.441 e. The molecule has 1 atom stereocenters. The summed E-state index contributed by atoms with van der Waals surface area (Å²) in [6.07, 6.45) is 0.742. The Kier molecular flexibility index (Phi) is 4.35. The van der Waals surface area contributed by atoms with E-state index in [9.17, 15) is 4.39 Å². The molecule has 0 aliphatic carbocycles. The van der Waals surface area contributed by atoms with Crippen LogP contribution in [0, 0.1) is 5.82 Å². The van der Waals surface area contributed by atoms with Crippen LogP contribution in [0.25, 0.3) is 11.1 Å². The maximum absolute atomic E-state index is 14.1. The fourth-order valence-corrected chi connectivity index (χ4v) is 3.40. The van der Waals surface area contributed by atoms with Gasteiger partial charge >= 0.3 is 0 Å². The fourth-order valence-electron chi connectivity index (χ4n) is 3.16. The predicted octanol–water partition coefficient (Wildman–Crippen LogP) is 4.89. The molecule has 1 aliphatic rings. The third-order valence-electron chi connectivity index (χ3n) is 5.08. The maximum Gasteiger partial charge on any atom is 0.237 e. The van der Waals surface area contributed by atoms with E-state index < -0.39 is 0 Å². The van der Waals surface area contributed by atoms with E-state index in [0.717, 1.165) is 46.4 Å². The number of hydrogen-bond acceptors (Lipinski definition) is 1. The summed E-state index contributed by atoms with van der Waals surface area (Å²) in [6.45, 7) is 6.26. The molecule has 3 rings (SSSR count). The summed E-state index contributed by atoms with van der Waals surface area (Å²) in [4.78, 5) is 0. The first-order chi connectivity index (χ1) is 11.0. The molecule has 2 aromatic carbocycles. The summed E-state index contributed by atoms with van der Waals surface area (Å²) >= 11 is 6.31. The Morgan fingerprint density at radius 1 is 1.17 bits per heavy atom. The summed E-state index contributed by atoms with van der Waals surface area (Å²) in [5, 5.41) is 0.607. The van der Waals surface area contributed by atoms with Gasteiger partial charge in [-0.05, 0) is 32.0 Å². The summed E-state index contributed by atoms with van der Waals surface area (Å²) in [7, 11) is 2.18. The lowest BCUT2D eigenvalue weighted by Crippen LogP contribution is -2.54. The highest BCUT2D eigenvalue weighted by Crippen LogP contribution is 2.43. The molecular formula is C19H22ClFNO+. The molecule has 1 unspecified atom stereocenters. The Labute approximate surface area is 142 Å². The molecule has 2 nitrogen and oxygen atoms in total. The summed E-state index contributed by atoms with van der Waals surface area (Å²) < 4.78 is 21.2. The first kappa shape index (κ1) is 16.3. The number of rotatable bonds is 4. The van der Waals surface area contributed by atoms with E-state index in [0.29, 0.717) is 5.02 Å². The largest absolute Gasteiger partial charge is 0.441 e. The topological polar surface area (TPSA) is 9.23 Å². The van der Waals surface area contributed by atoms with Crippen LogP contribution in [0.4, 0.5) is 4.39 Å². The van der Waals surface area contributed by atoms with Gasteiger partial charge in [0.05, 0.1) is 26.6 Å². The quantitative estimate of drug-likeness (QED) is 0.723. The first-order valence-electron chi connectivity index (χ1n) is 8.06. The molecule has 1 aliphatic heterocycles. The molecule has 23 heavy (non-hydrogen) atoms. The van der Waals surface area contributed by atoms with Gasteiger partial charge in [0.15, 0.2) is 0 Å². The van der Waals surface area contributed by atoms with E-state index in [-0.39, 0.29) is 12.0 Å². The Morgan fingerprint density at radius 2 is 1.87 bits per heavy atom. The molecule has 0 bridgehead atoms. The monoisotopic (exact) mass is 334 g/mol. The average Bonchev–Trinajstić information content (AvgIpc) is 2.98. The molecule has 2 aromatic rings. The van der Waals surface area contributed by atoms with Gasteiger partial charge in [-0.15, -0.1) is 0 Å². The molecule has 0 saturated heterocycles. The van der Waals surface area contributed by atoms with Crippen LogP contribution in [0.5, 0.6) is 5.75 Å². The maximum atomic E-state index is 14.1. The van der Waals surface area contributed by atoms with Crippen molar-refractivity contribution in [3.05, 3.63) is 52.8 Å². The van der Waals surface area contributed by atoms with E-state index in [1.807, 2.05) is 24.3 Å². The molecule has 0 spiro atoms. The molecular weight excluding hydrogens is 313 g/mol. The Morgan fingerprint density at radius 3 is 2.52 bits per heavy atom. The normalized spacial score (nSPS) is 17.0. The zero-order chi connectivity index (χ0) is 16.6. The van der Waals surface area contributed by atoms with Crippen LogP contribution in [0.15, 0.2) is 36.4 Å². The van der Waals surface area contributed by atoms with Crippen LogP contribution in [0.2, 0.25) is 5.02 Å². The van der Waals surface area contributed by atoms with Crippen LogP contribution >= 0.6 is 11.6 Å². The van der Waals surface area contributed by atoms with Gasteiger partial charge in [0, 0.05) is 21.7 Å². The van der Waals surface area contributed by atoms with Gasteiger partial charge in [-0.1, -0.05) is 29.8 Å². The van der Waals surface area contributed by atoms with Crippen molar-refractivity contribution in [3.63, 3.8) is 0 Å². The van der Waals surface area contributed by atoms with Crippen LogP contribution in [0.1, 0.15) is 19.4 Å². The smallest absolute Gasteiger partial charge is 0.237 e. The number of fused-ring (bicyclic) bond motifs is 1. The number of halogens is 2. The molecule has 4 heteroatoms. The fraction of sp³-hybridized carbons (Fsp3) is 0.368. The number of benzene rings is 2.